The standard InChI is InChI=1S/C14H13ClFN3O/c1-2-17-12-8-7-9(15)13(19-12)14(20)18-11-6-4-3-5-10(11)16/h3-8H,2H2,1H3,(H,17,19)(H,18,20). The van der Waals surface area contributed by atoms with E-state index in [-0.39, 0.29) is 16.4 Å². The Kier molecular flexibility index (Phi) is 4.53. The molecule has 1 heterocycles. The third-order valence-corrected chi connectivity index (χ3v) is 2.85. The lowest BCUT2D eigenvalue weighted by atomic mass is 10.2. The third-order valence-electron chi connectivity index (χ3n) is 2.54. The van der Waals surface area contributed by atoms with Crippen molar-refractivity contribution in [1.82, 2.24) is 4.98 Å². The highest BCUT2D eigenvalue weighted by Crippen LogP contribution is 2.19. The van der Waals surface area contributed by atoms with Gasteiger partial charge < -0.3 is 10.6 Å². The lowest BCUT2D eigenvalue weighted by Crippen LogP contribution is -2.16. The second-order valence-electron chi connectivity index (χ2n) is 3.99. The van der Waals surface area contributed by atoms with E-state index in [9.17, 15) is 9.18 Å². The molecule has 1 amide bonds. The molecule has 0 spiro atoms. The highest BCUT2D eigenvalue weighted by atomic mass is 35.5. The molecule has 0 radical (unpaired) electrons. The normalized spacial score (nSPS) is 10.2. The van der Waals surface area contributed by atoms with Gasteiger partial charge in [-0.25, -0.2) is 9.37 Å². The molecule has 0 aliphatic rings. The van der Waals surface area contributed by atoms with Crippen LogP contribution in [0.1, 0.15) is 17.4 Å². The fraction of sp³-hybridized carbons (Fsp3) is 0.143. The number of nitrogens with zero attached hydrogens (tertiary/aromatic N) is 1. The highest BCUT2D eigenvalue weighted by molar-refractivity contribution is 6.34. The lowest BCUT2D eigenvalue weighted by molar-refractivity contribution is 0.102. The van der Waals surface area contributed by atoms with E-state index in [4.69, 9.17) is 11.6 Å². The van der Waals surface area contributed by atoms with Crippen molar-refractivity contribution in [3.05, 3.63) is 52.9 Å². The van der Waals surface area contributed by atoms with Gasteiger partial charge in [0.1, 0.15) is 17.3 Å². The minimum Gasteiger partial charge on any atom is -0.370 e. The molecule has 104 valence electrons. The van der Waals surface area contributed by atoms with Crippen LogP contribution in [-0.4, -0.2) is 17.4 Å². The number of rotatable bonds is 4. The zero-order valence-corrected chi connectivity index (χ0v) is 11.5. The van der Waals surface area contributed by atoms with Crippen molar-refractivity contribution in [3.63, 3.8) is 0 Å². The van der Waals surface area contributed by atoms with Gasteiger partial charge in [-0.2, -0.15) is 0 Å². The minimum atomic E-state index is -0.556. The Morgan fingerprint density at radius 1 is 1.30 bits per heavy atom. The van der Waals surface area contributed by atoms with Gasteiger partial charge >= 0.3 is 0 Å². The summed E-state index contributed by atoms with van der Waals surface area (Å²) in [6.45, 7) is 2.58. The molecule has 2 N–H and O–H groups in total. The molecule has 2 aromatic rings. The second-order valence-corrected chi connectivity index (χ2v) is 4.40. The van der Waals surface area contributed by atoms with E-state index in [0.29, 0.717) is 12.4 Å². The van der Waals surface area contributed by atoms with Crippen LogP contribution in [0.2, 0.25) is 5.02 Å². The monoisotopic (exact) mass is 293 g/mol. The van der Waals surface area contributed by atoms with Crippen LogP contribution in [0.4, 0.5) is 15.9 Å². The third kappa shape index (κ3) is 3.24. The SMILES string of the molecule is CCNc1ccc(Cl)c(C(=O)Nc2ccccc2F)n1. The highest BCUT2D eigenvalue weighted by Gasteiger charge is 2.14. The van der Waals surface area contributed by atoms with Crippen molar-refractivity contribution in [2.45, 2.75) is 6.92 Å². The number of aromatic nitrogens is 1. The molecule has 0 atom stereocenters. The molecule has 1 aromatic heterocycles. The van der Waals surface area contributed by atoms with E-state index in [1.165, 1.54) is 12.1 Å². The summed E-state index contributed by atoms with van der Waals surface area (Å²) in [4.78, 5) is 16.2. The van der Waals surface area contributed by atoms with Crippen LogP contribution in [0.3, 0.4) is 0 Å². The Balaban J connectivity index is 2.25. The summed E-state index contributed by atoms with van der Waals surface area (Å²) in [6.07, 6.45) is 0. The van der Waals surface area contributed by atoms with Crippen LogP contribution < -0.4 is 10.6 Å². The summed E-state index contributed by atoms with van der Waals surface area (Å²) in [6, 6.07) is 9.15. The minimum absolute atomic E-state index is 0.0494. The molecule has 4 nitrogen and oxygen atoms in total. The first-order valence-electron chi connectivity index (χ1n) is 6.08. The number of para-hydroxylation sites is 1. The van der Waals surface area contributed by atoms with Gasteiger partial charge in [0.25, 0.3) is 5.91 Å². The molecular formula is C14H13ClFN3O. The molecule has 2 rings (SSSR count). The number of hydrogen-bond acceptors (Lipinski definition) is 3. The molecule has 0 unspecified atom stereocenters. The zero-order chi connectivity index (χ0) is 14.5. The van der Waals surface area contributed by atoms with Gasteiger partial charge in [0.2, 0.25) is 0 Å². The maximum Gasteiger partial charge on any atom is 0.275 e. The Hall–Kier alpha value is -2.14. The number of hydrogen-bond donors (Lipinski definition) is 2. The summed E-state index contributed by atoms with van der Waals surface area (Å²) >= 11 is 5.95. The smallest absolute Gasteiger partial charge is 0.275 e. The average molecular weight is 294 g/mol. The number of anilines is 2. The Morgan fingerprint density at radius 2 is 2.05 bits per heavy atom. The average Bonchev–Trinajstić information content (AvgIpc) is 2.43. The molecule has 20 heavy (non-hydrogen) atoms. The van der Waals surface area contributed by atoms with Crippen LogP contribution in [0, 0.1) is 5.82 Å². The number of benzene rings is 1. The summed E-state index contributed by atoms with van der Waals surface area (Å²) in [7, 11) is 0. The van der Waals surface area contributed by atoms with E-state index < -0.39 is 11.7 Å². The summed E-state index contributed by atoms with van der Waals surface area (Å²) in [5.74, 6) is -0.532. The van der Waals surface area contributed by atoms with Gasteiger partial charge in [0.05, 0.1) is 10.7 Å². The molecule has 0 aliphatic carbocycles. The van der Waals surface area contributed by atoms with Crippen molar-refractivity contribution >= 4 is 29.0 Å². The van der Waals surface area contributed by atoms with Crippen molar-refractivity contribution in [2.75, 3.05) is 17.2 Å². The first kappa shape index (κ1) is 14.3. The van der Waals surface area contributed by atoms with Crippen LogP contribution >= 0.6 is 11.6 Å². The van der Waals surface area contributed by atoms with E-state index in [0.717, 1.165) is 0 Å². The van der Waals surface area contributed by atoms with Crippen LogP contribution in [0.25, 0.3) is 0 Å². The van der Waals surface area contributed by atoms with Gasteiger partial charge in [-0.15, -0.1) is 0 Å². The summed E-state index contributed by atoms with van der Waals surface area (Å²) in [5.41, 5.74) is 0.137. The predicted octanol–water partition coefficient (Wildman–Crippen LogP) is 3.56. The maximum atomic E-state index is 13.5. The van der Waals surface area contributed by atoms with Crippen molar-refractivity contribution in [1.29, 1.82) is 0 Å². The molecule has 1 aromatic carbocycles. The second kappa shape index (κ2) is 6.34. The van der Waals surface area contributed by atoms with Crippen molar-refractivity contribution in [2.24, 2.45) is 0 Å². The van der Waals surface area contributed by atoms with E-state index >= 15 is 0 Å². The van der Waals surface area contributed by atoms with Gasteiger partial charge in [-0.1, -0.05) is 23.7 Å². The molecule has 0 saturated heterocycles. The van der Waals surface area contributed by atoms with Gasteiger partial charge in [-0.05, 0) is 31.2 Å². The van der Waals surface area contributed by atoms with E-state index in [1.54, 1.807) is 24.3 Å². The molecule has 0 saturated carbocycles. The number of halogens is 2. The van der Waals surface area contributed by atoms with Crippen molar-refractivity contribution in [3.8, 4) is 0 Å². The first-order chi connectivity index (χ1) is 9.61. The molecule has 0 aliphatic heterocycles. The van der Waals surface area contributed by atoms with Gasteiger partial charge in [0.15, 0.2) is 0 Å². The van der Waals surface area contributed by atoms with Crippen LogP contribution in [0.5, 0.6) is 0 Å². The van der Waals surface area contributed by atoms with Crippen LogP contribution in [0.15, 0.2) is 36.4 Å². The Bertz CT molecular complexity index is 634. The fourth-order valence-electron chi connectivity index (χ4n) is 1.63. The quantitative estimate of drug-likeness (QED) is 0.906. The number of nitrogens with one attached hydrogen (secondary N) is 2. The lowest BCUT2D eigenvalue weighted by Gasteiger charge is -2.09. The largest absolute Gasteiger partial charge is 0.370 e. The topological polar surface area (TPSA) is 54.0 Å². The zero-order valence-electron chi connectivity index (χ0n) is 10.8. The predicted molar refractivity (Wildman–Crippen MR) is 77.8 cm³/mol. The number of carbonyl (C=O) groups is 1. The van der Waals surface area contributed by atoms with Crippen molar-refractivity contribution < 1.29 is 9.18 Å². The molecule has 6 heteroatoms. The summed E-state index contributed by atoms with van der Waals surface area (Å²) in [5, 5.41) is 5.64. The Morgan fingerprint density at radius 3 is 2.75 bits per heavy atom. The maximum absolute atomic E-state index is 13.5. The Labute approximate surface area is 121 Å². The molecule has 0 fully saturated rings. The molecular weight excluding hydrogens is 281 g/mol. The van der Waals surface area contributed by atoms with E-state index in [2.05, 4.69) is 15.6 Å². The van der Waals surface area contributed by atoms with Crippen LogP contribution in [-0.2, 0) is 0 Å². The molecule has 0 bridgehead atoms. The fourth-order valence-corrected chi connectivity index (χ4v) is 1.82. The number of carbonyl (C=O) groups excluding carboxylic acids is 1. The number of pyridine rings is 1. The van der Waals surface area contributed by atoms with Gasteiger partial charge in [-0.3, -0.25) is 4.79 Å². The van der Waals surface area contributed by atoms with Gasteiger partial charge in [0, 0.05) is 6.54 Å². The summed E-state index contributed by atoms with van der Waals surface area (Å²) < 4.78 is 13.5. The first-order valence-corrected chi connectivity index (χ1v) is 6.46. The van der Waals surface area contributed by atoms with E-state index in [1.807, 2.05) is 6.92 Å². The number of amides is 1.